The van der Waals surface area contributed by atoms with Crippen molar-refractivity contribution in [2.45, 2.75) is 0 Å². The zero-order valence-corrected chi connectivity index (χ0v) is 9.39. The van der Waals surface area contributed by atoms with Crippen LogP contribution in [0, 0.1) is 14.9 Å². The summed E-state index contributed by atoms with van der Waals surface area (Å²) in [6.45, 7) is 0. The fourth-order valence-corrected chi connectivity index (χ4v) is 2.93. The lowest BCUT2D eigenvalue weighted by Gasteiger charge is -1.93. The van der Waals surface area contributed by atoms with Crippen molar-refractivity contribution in [1.29, 1.82) is 5.26 Å². The Balaban J connectivity index is 2.85. The average Bonchev–Trinajstić information content (AvgIpc) is 2.46. The van der Waals surface area contributed by atoms with E-state index in [1.54, 1.807) is 12.1 Å². The van der Waals surface area contributed by atoms with Gasteiger partial charge < -0.3 is 5.11 Å². The van der Waals surface area contributed by atoms with Crippen molar-refractivity contribution in [2.24, 2.45) is 0 Å². The maximum atomic E-state index is 9.28. The van der Waals surface area contributed by atoms with Crippen LogP contribution in [0.25, 0.3) is 10.1 Å². The van der Waals surface area contributed by atoms with Gasteiger partial charge in [0, 0.05) is 3.57 Å². The van der Waals surface area contributed by atoms with Crippen LogP contribution in [0.5, 0.6) is 5.06 Å². The Morgan fingerprint density at radius 1 is 1.38 bits per heavy atom. The van der Waals surface area contributed by atoms with Gasteiger partial charge in [0.1, 0.15) is 0 Å². The smallest absolute Gasteiger partial charge is 0.172 e. The van der Waals surface area contributed by atoms with Gasteiger partial charge in [0.25, 0.3) is 0 Å². The van der Waals surface area contributed by atoms with E-state index in [0.717, 1.165) is 13.7 Å². The van der Waals surface area contributed by atoms with E-state index in [4.69, 9.17) is 5.26 Å². The second-order valence-electron chi connectivity index (χ2n) is 2.57. The molecule has 0 spiro atoms. The number of hydrogen-bond acceptors (Lipinski definition) is 3. The minimum Gasteiger partial charge on any atom is -0.499 e. The van der Waals surface area contributed by atoms with Crippen LogP contribution in [0.1, 0.15) is 5.56 Å². The first-order valence-electron chi connectivity index (χ1n) is 3.53. The number of hydrogen-bond donors (Lipinski definition) is 1. The van der Waals surface area contributed by atoms with E-state index < -0.39 is 0 Å². The molecular weight excluding hydrogens is 297 g/mol. The molecule has 0 atom stereocenters. The Labute approximate surface area is 92.6 Å². The lowest BCUT2D eigenvalue weighted by atomic mass is 10.2. The highest BCUT2D eigenvalue weighted by Crippen LogP contribution is 2.34. The van der Waals surface area contributed by atoms with Gasteiger partial charge >= 0.3 is 0 Å². The number of aromatic hydroxyl groups is 1. The molecule has 0 aliphatic heterocycles. The molecule has 2 nitrogen and oxygen atoms in total. The predicted molar refractivity (Wildman–Crippen MR) is 60.9 cm³/mol. The molecule has 4 heteroatoms. The van der Waals surface area contributed by atoms with E-state index in [1.807, 2.05) is 6.07 Å². The van der Waals surface area contributed by atoms with Crippen molar-refractivity contribution in [2.75, 3.05) is 0 Å². The number of nitriles is 1. The first-order valence-corrected chi connectivity index (χ1v) is 5.42. The fourth-order valence-electron chi connectivity index (χ4n) is 1.16. The normalized spacial score (nSPS) is 10.2. The SMILES string of the molecule is N#Cc1cc(I)c2sc(O)cc2c1. The van der Waals surface area contributed by atoms with Crippen LogP contribution in [0.15, 0.2) is 18.2 Å². The maximum Gasteiger partial charge on any atom is 0.172 e. The highest BCUT2D eigenvalue weighted by molar-refractivity contribution is 14.1. The molecule has 0 unspecified atom stereocenters. The van der Waals surface area contributed by atoms with Crippen molar-refractivity contribution in [3.63, 3.8) is 0 Å². The number of nitrogens with zero attached hydrogens (tertiary/aromatic N) is 1. The largest absolute Gasteiger partial charge is 0.499 e. The summed E-state index contributed by atoms with van der Waals surface area (Å²) in [5, 5.41) is 19.2. The first-order chi connectivity index (χ1) is 6.20. The van der Waals surface area contributed by atoms with Gasteiger partial charge in [0.15, 0.2) is 5.06 Å². The number of halogens is 1. The number of rotatable bonds is 0. The van der Waals surface area contributed by atoms with Crippen molar-refractivity contribution in [1.82, 2.24) is 0 Å². The third kappa shape index (κ3) is 1.49. The van der Waals surface area contributed by atoms with Gasteiger partial charge in [-0.05, 0) is 46.2 Å². The molecule has 1 N–H and O–H groups in total. The highest BCUT2D eigenvalue weighted by Gasteiger charge is 2.05. The van der Waals surface area contributed by atoms with Gasteiger partial charge in [-0.15, -0.1) is 0 Å². The van der Waals surface area contributed by atoms with Crippen LogP contribution in [0.2, 0.25) is 0 Å². The maximum absolute atomic E-state index is 9.28. The van der Waals surface area contributed by atoms with Gasteiger partial charge in [0.2, 0.25) is 0 Å². The summed E-state index contributed by atoms with van der Waals surface area (Å²) < 4.78 is 2.05. The van der Waals surface area contributed by atoms with Crippen LogP contribution >= 0.6 is 33.9 Å². The molecular formula is C9H4INOS. The van der Waals surface area contributed by atoms with Crippen LogP contribution in [-0.4, -0.2) is 5.11 Å². The average molecular weight is 301 g/mol. The van der Waals surface area contributed by atoms with E-state index in [2.05, 4.69) is 28.7 Å². The molecule has 0 amide bonds. The van der Waals surface area contributed by atoms with Gasteiger partial charge in [-0.1, -0.05) is 11.3 Å². The molecule has 0 fully saturated rings. The van der Waals surface area contributed by atoms with Crippen molar-refractivity contribution in [3.05, 3.63) is 27.3 Å². The van der Waals surface area contributed by atoms with Crippen LogP contribution in [0.4, 0.5) is 0 Å². The molecule has 1 heterocycles. The summed E-state index contributed by atoms with van der Waals surface area (Å²) in [5.74, 6) is 0. The van der Waals surface area contributed by atoms with Crippen molar-refractivity contribution >= 4 is 44.0 Å². The summed E-state index contributed by atoms with van der Waals surface area (Å²) in [7, 11) is 0. The van der Waals surface area contributed by atoms with Crippen molar-refractivity contribution < 1.29 is 5.11 Å². The number of thiophene rings is 1. The highest BCUT2D eigenvalue weighted by atomic mass is 127. The monoisotopic (exact) mass is 301 g/mol. The lowest BCUT2D eigenvalue weighted by Crippen LogP contribution is -1.76. The predicted octanol–water partition coefficient (Wildman–Crippen LogP) is 3.08. The molecule has 64 valence electrons. The van der Waals surface area contributed by atoms with E-state index in [1.165, 1.54) is 11.3 Å². The van der Waals surface area contributed by atoms with Crippen LogP contribution in [-0.2, 0) is 0 Å². The van der Waals surface area contributed by atoms with Gasteiger partial charge in [-0.3, -0.25) is 0 Å². The van der Waals surface area contributed by atoms with E-state index in [9.17, 15) is 5.11 Å². The standard InChI is InChI=1S/C9H4INOS/c10-7-2-5(4-11)1-6-3-8(12)13-9(6)7/h1-3,12H. The third-order valence-corrected chi connectivity index (χ3v) is 3.89. The van der Waals surface area contributed by atoms with E-state index in [-0.39, 0.29) is 0 Å². The molecule has 0 aliphatic rings. The summed E-state index contributed by atoms with van der Waals surface area (Å²) in [4.78, 5) is 0. The summed E-state index contributed by atoms with van der Waals surface area (Å²) in [5.41, 5.74) is 0.634. The minimum atomic E-state index is 0.294. The zero-order chi connectivity index (χ0) is 9.42. The molecule has 13 heavy (non-hydrogen) atoms. The number of fused-ring (bicyclic) bond motifs is 1. The quantitative estimate of drug-likeness (QED) is 0.760. The van der Waals surface area contributed by atoms with Gasteiger partial charge in [-0.25, -0.2) is 0 Å². The number of benzene rings is 1. The summed E-state index contributed by atoms with van der Waals surface area (Å²) in [6.07, 6.45) is 0. The zero-order valence-electron chi connectivity index (χ0n) is 6.41. The minimum absolute atomic E-state index is 0.294. The topological polar surface area (TPSA) is 44.0 Å². The third-order valence-electron chi connectivity index (χ3n) is 1.69. The Hall–Kier alpha value is -0.800. The molecule has 0 saturated heterocycles. The summed E-state index contributed by atoms with van der Waals surface area (Å²) in [6, 6.07) is 7.37. The van der Waals surface area contributed by atoms with E-state index >= 15 is 0 Å². The molecule has 1 aromatic carbocycles. The van der Waals surface area contributed by atoms with Crippen molar-refractivity contribution in [3.8, 4) is 11.1 Å². The Morgan fingerprint density at radius 2 is 2.15 bits per heavy atom. The Morgan fingerprint density at radius 3 is 2.85 bits per heavy atom. The summed E-state index contributed by atoms with van der Waals surface area (Å²) >= 11 is 3.51. The first kappa shape index (κ1) is 8.78. The van der Waals surface area contributed by atoms with Crippen LogP contribution < -0.4 is 0 Å². The van der Waals surface area contributed by atoms with Gasteiger partial charge in [-0.2, -0.15) is 5.26 Å². The Kier molecular flexibility index (Phi) is 2.14. The van der Waals surface area contributed by atoms with Crippen LogP contribution in [0.3, 0.4) is 0 Å². The van der Waals surface area contributed by atoms with Gasteiger partial charge in [0.05, 0.1) is 16.3 Å². The molecule has 0 saturated carbocycles. The fraction of sp³-hybridized carbons (Fsp3) is 0. The lowest BCUT2D eigenvalue weighted by molar-refractivity contribution is 0.491. The molecule has 2 aromatic rings. The molecule has 2 rings (SSSR count). The Bertz CT molecular complexity index is 512. The molecule has 0 bridgehead atoms. The second-order valence-corrected chi connectivity index (χ2v) is 4.77. The second kappa shape index (κ2) is 3.16. The molecule has 0 aliphatic carbocycles. The van der Waals surface area contributed by atoms with E-state index in [0.29, 0.717) is 10.6 Å². The molecule has 0 radical (unpaired) electrons. The molecule has 1 aromatic heterocycles.